The van der Waals surface area contributed by atoms with E-state index in [2.05, 4.69) is 21.2 Å². The average Bonchev–Trinajstić information content (AvgIpc) is 2.21. The second-order valence-corrected chi connectivity index (χ2v) is 3.74. The van der Waals surface area contributed by atoms with Gasteiger partial charge < -0.3 is 15.2 Å². The van der Waals surface area contributed by atoms with Gasteiger partial charge in [-0.1, -0.05) is 12.1 Å². The molecule has 6 heteroatoms. The van der Waals surface area contributed by atoms with E-state index >= 15 is 0 Å². The standard InChI is InChI=1S/C10H10BrNO4/c11-7-3-1-2-4-8(7)16-10(15)12-6-5-9(13)14/h1-4H,5-6H2,(H,12,15)(H,13,14). The molecule has 0 saturated carbocycles. The Hall–Kier alpha value is -1.56. The van der Waals surface area contributed by atoms with Crippen molar-refractivity contribution in [3.63, 3.8) is 0 Å². The van der Waals surface area contributed by atoms with Gasteiger partial charge in [0.2, 0.25) is 0 Å². The Kier molecular flexibility index (Phi) is 4.78. The van der Waals surface area contributed by atoms with E-state index in [1.807, 2.05) is 0 Å². The number of aliphatic carboxylic acids is 1. The van der Waals surface area contributed by atoms with Crippen molar-refractivity contribution in [1.29, 1.82) is 0 Å². The van der Waals surface area contributed by atoms with Gasteiger partial charge in [-0.05, 0) is 28.1 Å². The molecule has 0 saturated heterocycles. The molecule has 86 valence electrons. The number of carbonyl (C=O) groups excluding carboxylic acids is 1. The van der Waals surface area contributed by atoms with Crippen LogP contribution in [0.3, 0.4) is 0 Å². The summed E-state index contributed by atoms with van der Waals surface area (Å²) in [6.07, 6.45) is -0.807. The van der Waals surface area contributed by atoms with Crippen molar-refractivity contribution in [2.45, 2.75) is 6.42 Å². The SMILES string of the molecule is O=C(O)CCNC(=O)Oc1ccccc1Br. The summed E-state index contributed by atoms with van der Waals surface area (Å²) in [6, 6.07) is 6.88. The number of hydrogen-bond acceptors (Lipinski definition) is 3. The second kappa shape index (κ2) is 6.12. The van der Waals surface area contributed by atoms with Crippen molar-refractivity contribution < 1.29 is 19.4 Å². The van der Waals surface area contributed by atoms with Crippen LogP contribution in [0.15, 0.2) is 28.7 Å². The molecule has 0 aliphatic heterocycles. The molecule has 0 aromatic heterocycles. The highest BCUT2D eigenvalue weighted by molar-refractivity contribution is 9.10. The molecule has 16 heavy (non-hydrogen) atoms. The van der Waals surface area contributed by atoms with E-state index in [0.29, 0.717) is 10.2 Å². The first-order valence-electron chi connectivity index (χ1n) is 4.51. The average molecular weight is 288 g/mol. The van der Waals surface area contributed by atoms with Gasteiger partial charge in [-0.15, -0.1) is 0 Å². The number of carbonyl (C=O) groups is 2. The van der Waals surface area contributed by atoms with Crippen LogP contribution < -0.4 is 10.1 Å². The first kappa shape index (κ1) is 12.5. The normalized spacial score (nSPS) is 9.56. The highest BCUT2D eigenvalue weighted by Crippen LogP contribution is 2.23. The Morgan fingerprint density at radius 3 is 2.69 bits per heavy atom. The topological polar surface area (TPSA) is 75.6 Å². The van der Waals surface area contributed by atoms with Crippen LogP contribution in [-0.4, -0.2) is 23.7 Å². The number of nitrogens with one attached hydrogen (secondary N) is 1. The fraction of sp³-hybridized carbons (Fsp3) is 0.200. The minimum Gasteiger partial charge on any atom is -0.481 e. The maximum absolute atomic E-state index is 11.2. The van der Waals surface area contributed by atoms with Gasteiger partial charge in [-0.2, -0.15) is 0 Å². The molecule has 1 aromatic rings. The van der Waals surface area contributed by atoms with Crippen LogP contribution in [-0.2, 0) is 4.79 Å². The number of para-hydroxylation sites is 1. The number of carboxylic acids is 1. The molecule has 2 N–H and O–H groups in total. The van der Waals surface area contributed by atoms with Gasteiger partial charge in [-0.3, -0.25) is 4.79 Å². The van der Waals surface area contributed by atoms with Crippen molar-refractivity contribution in [2.24, 2.45) is 0 Å². The van der Waals surface area contributed by atoms with Crippen molar-refractivity contribution in [1.82, 2.24) is 5.32 Å². The highest BCUT2D eigenvalue weighted by Gasteiger charge is 2.07. The Balaban J connectivity index is 2.40. The molecule has 1 amide bonds. The maximum atomic E-state index is 11.2. The van der Waals surface area contributed by atoms with Gasteiger partial charge in [0, 0.05) is 6.54 Å². The van der Waals surface area contributed by atoms with Crippen molar-refractivity contribution >= 4 is 28.0 Å². The first-order chi connectivity index (χ1) is 7.59. The lowest BCUT2D eigenvalue weighted by atomic mass is 10.3. The fourth-order valence-corrected chi connectivity index (χ4v) is 1.30. The zero-order valence-electron chi connectivity index (χ0n) is 8.27. The van der Waals surface area contributed by atoms with Gasteiger partial charge in [0.1, 0.15) is 5.75 Å². The van der Waals surface area contributed by atoms with E-state index in [0.717, 1.165) is 0 Å². The molecule has 0 spiro atoms. The summed E-state index contributed by atoms with van der Waals surface area (Å²) in [5, 5.41) is 10.7. The number of carboxylic acid groups (broad SMARTS) is 1. The van der Waals surface area contributed by atoms with E-state index in [4.69, 9.17) is 9.84 Å². The Bertz CT molecular complexity index is 394. The number of ether oxygens (including phenoxy) is 1. The molecular formula is C10H10BrNO4. The van der Waals surface area contributed by atoms with E-state index in [9.17, 15) is 9.59 Å². The number of amides is 1. The quantitative estimate of drug-likeness (QED) is 0.888. The van der Waals surface area contributed by atoms with Crippen molar-refractivity contribution in [3.8, 4) is 5.75 Å². The molecule has 0 bridgehead atoms. The zero-order valence-corrected chi connectivity index (χ0v) is 9.86. The summed E-state index contributed by atoms with van der Waals surface area (Å²) in [5.74, 6) is -0.587. The number of benzene rings is 1. The lowest BCUT2D eigenvalue weighted by Crippen LogP contribution is -2.29. The molecular weight excluding hydrogens is 278 g/mol. The van der Waals surface area contributed by atoms with Crippen LogP contribution in [0.2, 0.25) is 0 Å². The molecule has 0 atom stereocenters. The maximum Gasteiger partial charge on any atom is 0.412 e. The summed E-state index contributed by atoms with van der Waals surface area (Å²) in [5.41, 5.74) is 0. The number of halogens is 1. The third-order valence-corrected chi connectivity index (χ3v) is 2.30. The molecule has 0 radical (unpaired) electrons. The molecule has 0 unspecified atom stereocenters. The summed E-state index contributed by atoms with van der Waals surface area (Å²) in [4.78, 5) is 21.4. The number of hydrogen-bond donors (Lipinski definition) is 2. The third-order valence-electron chi connectivity index (χ3n) is 1.65. The van der Waals surface area contributed by atoms with E-state index in [1.54, 1.807) is 24.3 Å². The van der Waals surface area contributed by atoms with E-state index in [1.165, 1.54) is 0 Å². The predicted molar refractivity (Wildman–Crippen MR) is 60.4 cm³/mol. The van der Waals surface area contributed by atoms with Crippen LogP contribution in [0, 0.1) is 0 Å². The van der Waals surface area contributed by atoms with E-state index < -0.39 is 12.1 Å². The molecule has 0 aliphatic rings. The van der Waals surface area contributed by atoms with Gasteiger partial charge in [0.25, 0.3) is 0 Å². The third kappa shape index (κ3) is 4.31. The largest absolute Gasteiger partial charge is 0.481 e. The summed E-state index contributed by atoms with van der Waals surface area (Å²) in [6.45, 7) is 0.0403. The van der Waals surface area contributed by atoms with Gasteiger partial charge in [0.05, 0.1) is 10.9 Å². The Labute approximate surface area is 101 Å². The highest BCUT2D eigenvalue weighted by atomic mass is 79.9. The van der Waals surface area contributed by atoms with Crippen LogP contribution in [0.4, 0.5) is 4.79 Å². The van der Waals surface area contributed by atoms with Gasteiger partial charge in [-0.25, -0.2) is 4.79 Å². The lowest BCUT2D eigenvalue weighted by Gasteiger charge is -2.06. The zero-order chi connectivity index (χ0) is 12.0. The van der Waals surface area contributed by atoms with Crippen LogP contribution in [0.5, 0.6) is 5.75 Å². The van der Waals surface area contributed by atoms with Crippen LogP contribution >= 0.6 is 15.9 Å². The minimum absolute atomic E-state index is 0.0403. The fourth-order valence-electron chi connectivity index (χ4n) is 0.935. The molecule has 0 heterocycles. The molecule has 0 fully saturated rings. The van der Waals surface area contributed by atoms with Crippen molar-refractivity contribution in [3.05, 3.63) is 28.7 Å². The molecule has 0 aliphatic carbocycles. The summed E-state index contributed by atoms with van der Waals surface area (Å²) >= 11 is 3.22. The van der Waals surface area contributed by atoms with Crippen LogP contribution in [0.1, 0.15) is 6.42 Å². The minimum atomic E-state index is -0.971. The molecule has 1 rings (SSSR count). The molecule has 5 nitrogen and oxygen atoms in total. The summed E-state index contributed by atoms with van der Waals surface area (Å²) < 4.78 is 5.59. The van der Waals surface area contributed by atoms with Gasteiger partial charge >= 0.3 is 12.1 Å². The monoisotopic (exact) mass is 287 g/mol. The molecule has 1 aromatic carbocycles. The summed E-state index contributed by atoms with van der Waals surface area (Å²) in [7, 11) is 0. The Morgan fingerprint density at radius 1 is 1.38 bits per heavy atom. The first-order valence-corrected chi connectivity index (χ1v) is 5.31. The van der Waals surface area contributed by atoms with Crippen LogP contribution in [0.25, 0.3) is 0 Å². The van der Waals surface area contributed by atoms with Crippen molar-refractivity contribution in [2.75, 3.05) is 6.54 Å². The Morgan fingerprint density at radius 2 is 2.06 bits per heavy atom. The predicted octanol–water partition coefficient (Wildman–Crippen LogP) is 2.01. The second-order valence-electron chi connectivity index (χ2n) is 2.89. The lowest BCUT2D eigenvalue weighted by molar-refractivity contribution is -0.136. The van der Waals surface area contributed by atoms with Gasteiger partial charge in [0.15, 0.2) is 0 Å². The van der Waals surface area contributed by atoms with E-state index in [-0.39, 0.29) is 13.0 Å². The smallest absolute Gasteiger partial charge is 0.412 e. The number of rotatable bonds is 4.